The summed E-state index contributed by atoms with van der Waals surface area (Å²) in [7, 11) is 0. The van der Waals surface area contributed by atoms with E-state index in [2.05, 4.69) is 36.1 Å². The molecule has 0 aliphatic carbocycles. The van der Waals surface area contributed by atoms with E-state index in [1.54, 1.807) is 10.7 Å². The molecule has 0 bridgehead atoms. The van der Waals surface area contributed by atoms with Gasteiger partial charge >= 0.3 is 0 Å². The summed E-state index contributed by atoms with van der Waals surface area (Å²) in [5, 5.41) is 7.77. The van der Waals surface area contributed by atoms with Crippen LogP contribution in [-0.4, -0.2) is 35.0 Å². The molecule has 0 aromatic carbocycles. The third kappa shape index (κ3) is 5.16. The monoisotopic (exact) mass is 292 g/mol. The van der Waals surface area contributed by atoms with Gasteiger partial charge in [-0.15, -0.1) is 0 Å². The Morgan fingerprint density at radius 1 is 1.24 bits per heavy atom. The van der Waals surface area contributed by atoms with Crippen LogP contribution in [0.5, 0.6) is 0 Å². The zero-order chi connectivity index (χ0) is 15.3. The Morgan fingerprint density at radius 2 is 1.95 bits per heavy atom. The van der Waals surface area contributed by atoms with Gasteiger partial charge in [0.1, 0.15) is 0 Å². The van der Waals surface area contributed by atoms with Crippen molar-refractivity contribution in [3.8, 4) is 0 Å². The average molecular weight is 292 g/mol. The summed E-state index contributed by atoms with van der Waals surface area (Å²) in [5.41, 5.74) is 1.15. The van der Waals surface area contributed by atoms with Crippen molar-refractivity contribution >= 4 is 5.69 Å². The molecule has 0 atom stereocenters. The van der Waals surface area contributed by atoms with E-state index in [1.165, 1.54) is 12.8 Å². The quantitative estimate of drug-likeness (QED) is 0.815. The predicted octanol–water partition coefficient (Wildman–Crippen LogP) is 2.01. The number of rotatable bonds is 6. The van der Waals surface area contributed by atoms with E-state index in [0.717, 1.165) is 38.2 Å². The Bertz CT molecular complexity index is 498. The van der Waals surface area contributed by atoms with Gasteiger partial charge in [0.05, 0.1) is 11.9 Å². The van der Waals surface area contributed by atoms with Gasteiger partial charge in [-0.05, 0) is 53.0 Å². The van der Waals surface area contributed by atoms with E-state index in [-0.39, 0.29) is 11.1 Å². The highest BCUT2D eigenvalue weighted by atomic mass is 16.1. The Kier molecular flexibility index (Phi) is 5.39. The molecule has 2 rings (SSSR count). The molecular formula is C16H28N4O. The summed E-state index contributed by atoms with van der Waals surface area (Å²) in [5.74, 6) is 0. The molecule has 2 heterocycles. The topological polar surface area (TPSA) is 50.2 Å². The number of nitrogens with zero attached hydrogens (tertiary/aromatic N) is 3. The van der Waals surface area contributed by atoms with Crippen molar-refractivity contribution in [2.24, 2.45) is 0 Å². The van der Waals surface area contributed by atoms with Crippen molar-refractivity contribution in [3.63, 3.8) is 0 Å². The second-order valence-corrected chi connectivity index (χ2v) is 6.85. The average Bonchev–Trinajstić information content (AvgIpc) is 2.92. The van der Waals surface area contributed by atoms with Gasteiger partial charge in [-0.1, -0.05) is 0 Å². The number of hydrogen-bond donors (Lipinski definition) is 1. The fourth-order valence-electron chi connectivity index (χ4n) is 2.59. The normalized spacial score (nSPS) is 15.7. The van der Waals surface area contributed by atoms with Crippen LogP contribution in [0.1, 0.15) is 46.5 Å². The first-order valence-corrected chi connectivity index (χ1v) is 8.03. The van der Waals surface area contributed by atoms with Crippen molar-refractivity contribution in [1.82, 2.24) is 15.1 Å². The third-order valence-corrected chi connectivity index (χ3v) is 3.78. The summed E-state index contributed by atoms with van der Waals surface area (Å²) < 4.78 is 1.58. The van der Waals surface area contributed by atoms with Crippen LogP contribution in [0.15, 0.2) is 17.1 Å². The zero-order valence-corrected chi connectivity index (χ0v) is 13.6. The van der Waals surface area contributed by atoms with Crippen LogP contribution in [0.4, 0.5) is 5.69 Å². The van der Waals surface area contributed by atoms with Crippen LogP contribution in [-0.2, 0) is 6.54 Å². The molecule has 0 amide bonds. The second-order valence-electron chi connectivity index (χ2n) is 6.85. The lowest BCUT2D eigenvalue weighted by Crippen LogP contribution is -2.36. The molecule has 21 heavy (non-hydrogen) atoms. The Hall–Kier alpha value is -1.36. The van der Waals surface area contributed by atoms with Crippen molar-refractivity contribution in [2.45, 2.75) is 58.5 Å². The summed E-state index contributed by atoms with van der Waals surface area (Å²) in [4.78, 5) is 14.3. The Balaban J connectivity index is 1.80. The lowest BCUT2D eigenvalue weighted by molar-refractivity contribution is 0.410. The van der Waals surface area contributed by atoms with Crippen molar-refractivity contribution in [1.29, 1.82) is 0 Å². The number of anilines is 1. The van der Waals surface area contributed by atoms with E-state index in [4.69, 9.17) is 0 Å². The van der Waals surface area contributed by atoms with Crippen molar-refractivity contribution < 1.29 is 0 Å². The number of aryl methyl sites for hydroxylation is 1. The van der Waals surface area contributed by atoms with E-state index in [0.29, 0.717) is 6.54 Å². The number of nitrogens with one attached hydrogen (secondary N) is 1. The van der Waals surface area contributed by atoms with Crippen LogP contribution in [0.3, 0.4) is 0 Å². The van der Waals surface area contributed by atoms with Gasteiger partial charge < -0.3 is 10.2 Å². The smallest absolute Gasteiger partial charge is 0.268 e. The summed E-state index contributed by atoms with van der Waals surface area (Å²) in [6.07, 6.45) is 6.28. The minimum Gasteiger partial charge on any atom is -0.370 e. The number of hydrogen-bond acceptors (Lipinski definition) is 4. The van der Waals surface area contributed by atoms with Crippen LogP contribution in [0.2, 0.25) is 0 Å². The molecule has 0 radical (unpaired) electrons. The molecular weight excluding hydrogens is 264 g/mol. The molecule has 0 saturated carbocycles. The maximum Gasteiger partial charge on any atom is 0.268 e. The Labute approximate surface area is 127 Å². The molecule has 1 fully saturated rings. The molecule has 1 aromatic rings. The van der Waals surface area contributed by atoms with E-state index < -0.39 is 0 Å². The maximum atomic E-state index is 12.1. The minimum atomic E-state index is 0.0168. The van der Waals surface area contributed by atoms with Crippen LogP contribution in [0.25, 0.3) is 0 Å². The van der Waals surface area contributed by atoms with E-state index in [1.807, 2.05) is 6.20 Å². The predicted molar refractivity (Wildman–Crippen MR) is 86.9 cm³/mol. The number of aromatic nitrogens is 2. The van der Waals surface area contributed by atoms with Gasteiger partial charge in [0.2, 0.25) is 0 Å². The number of unbranched alkanes of at least 4 members (excludes halogenated alkanes) is 1. The van der Waals surface area contributed by atoms with Crippen LogP contribution >= 0.6 is 0 Å². The first-order valence-electron chi connectivity index (χ1n) is 8.03. The molecule has 0 spiro atoms. The molecule has 1 aliphatic rings. The molecule has 5 heteroatoms. The van der Waals surface area contributed by atoms with Gasteiger partial charge in [-0.2, -0.15) is 5.10 Å². The van der Waals surface area contributed by atoms with E-state index in [9.17, 15) is 4.79 Å². The minimum absolute atomic E-state index is 0.0168. The molecule has 5 nitrogen and oxygen atoms in total. The fourth-order valence-corrected chi connectivity index (χ4v) is 2.59. The third-order valence-electron chi connectivity index (χ3n) is 3.78. The van der Waals surface area contributed by atoms with Crippen LogP contribution < -0.4 is 15.8 Å². The standard InChI is InChI=1S/C16H28N4O/c1-16(2,3)17-8-4-5-11-20-15(21)12-14(13-18-20)19-9-6-7-10-19/h12-13,17H,4-11H2,1-3H3. The fraction of sp³-hybridized carbons (Fsp3) is 0.750. The first kappa shape index (κ1) is 16.0. The second kappa shape index (κ2) is 7.07. The highest BCUT2D eigenvalue weighted by Gasteiger charge is 2.13. The van der Waals surface area contributed by atoms with Gasteiger partial charge in [-0.3, -0.25) is 4.79 Å². The first-order chi connectivity index (χ1) is 9.96. The lowest BCUT2D eigenvalue weighted by Gasteiger charge is -2.20. The molecule has 1 saturated heterocycles. The molecule has 0 unspecified atom stereocenters. The zero-order valence-electron chi connectivity index (χ0n) is 13.6. The molecule has 1 aliphatic heterocycles. The van der Waals surface area contributed by atoms with Gasteiger partial charge in [0.25, 0.3) is 5.56 Å². The molecule has 118 valence electrons. The van der Waals surface area contributed by atoms with Crippen molar-refractivity contribution in [2.75, 3.05) is 24.5 Å². The summed E-state index contributed by atoms with van der Waals surface area (Å²) >= 11 is 0. The maximum absolute atomic E-state index is 12.1. The SMILES string of the molecule is CC(C)(C)NCCCCn1ncc(N2CCCC2)cc1=O. The molecule has 1 aromatic heterocycles. The summed E-state index contributed by atoms with van der Waals surface area (Å²) in [6.45, 7) is 10.3. The van der Waals surface area contributed by atoms with Crippen molar-refractivity contribution in [3.05, 3.63) is 22.6 Å². The van der Waals surface area contributed by atoms with Gasteiger partial charge in [0, 0.05) is 31.2 Å². The lowest BCUT2D eigenvalue weighted by atomic mass is 10.1. The highest BCUT2D eigenvalue weighted by molar-refractivity contribution is 5.43. The Morgan fingerprint density at radius 3 is 2.57 bits per heavy atom. The summed E-state index contributed by atoms with van der Waals surface area (Å²) in [6, 6.07) is 1.73. The molecule has 1 N–H and O–H groups in total. The van der Waals surface area contributed by atoms with Gasteiger partial charge in [0.15, 0.2) is 0 Å². The van der Waals surface area contributed by atoms with Crippen LogP contribution in [0, 0.1) is 0 Å². The van der Waals surface area contributed by atoms with Gasteiger partial charge in [-0.25, -0.2) is 4.68 Å². The van der Waals surface area contributed by atoms with E-state index >= 15 is 0 Å². The highest BCUT2D eigenvalue weighted by Crippen LogP contribution is 2.16. The largest absolute Gasteiger partial charge is 0.370 e.